The fourth-order valence-corrected chi connectivity index (χ4v) is 2.03. The van der Waals surface area contributed by atoms with Crippen molar-refractivity contribution in [3.05, 3.63) is 29.3 Å². The minimum Gasteiger partial charge on any atom is -0.398 e. The van der Waals surface area contributed by atoms with Gasteiger partial charge in [-0.2, -0.15) is 0 Å². The van der Waals surface area contributed by atoms with Gasteiger partial charge in [0.1, 0.15) is 0 Å². The van der Waals surface area contributed by atoms with Gasteiger partial charge in [0.2, 0.25) is 5.91 Å². The Labute approximate surface area is 106 Å². The average Bonchev–Trinajstić information content (AvgIpc) is 2.57. The van der Waals surface area contributed by atoms with Gasteiger partial charge in [-0.15, -0.1) is 0 Å². The first-order valence-corrected chi connectivity index (χ1v) is 6.00. The highest BCUT2D eigenvalue weighted by Gasteiger charge is 2.21. The molecule has 1 aromatic carbocycles. The fourth-order valence-electron chi connectivity index (χ4n) is 2.03. The van der Waals surface area contributed by atoms with Crippen molar-refractivity contribution in [2.24, 2.45) is 0 Å². The molecule has 1 aliphatic rings. The van der Waals surface area contributed by atoms with Gasteiger partial charge in [0.25, 0.3) is 5.91 Å². The normalized spacial score (nSPS) is 16.1. The lowest BCUT2D eigenvalue weighted by molar-refractivity contribution is -0.120. The van der Waals surface area contributed by atoms with E-state index in [1.165, 1.54) is 0 Å². The number of hydrogen-bond acceptors (Lipinski definition) is 3. The van der Waals surface area contributed by atoms with Gasteiger partial charge < -0.3 is 16.0 Å². The van der Waals surface area contributed by atoms with E-state index in [0.29, 0.717) is 37.3 Å². The van der Waals surface area contributed by atoms with E-state index in [4.69, 9.17) is 5.73 Å². The number of nitrogens with two attached hydrogens (primary N) is 1. The Balaban J connectivity index is 2.20. The third kappa shape index (κ3) is 2.45. The lowest BCUT2D eigenvalue weighted by Gasteiger charge is -2.20. The molecule has 1 fully saturated rings. The maximum absolute atomic E-state index is 12.4. The molecule has 0 aliphatic carbocycles. The third-order valence-corrected chi connectivity index (χ3v) is 3.21. The highest BCUT2D eigenvalue weighted by molar-refractivity contribution is 5.97. The summed E-state index contributed by atoms with van der Waals surface area (Å²) in [4.78, 5) is 25.3. The van der Waals surface area contributed by atoms with E-state index in [0.717, 1.165) is 5.56 Å². The number of nitrogens with one attached hydrogen (secondary N) is 1. The number of amides is 2. The average molecular weight is 247 g/mol. The summed E-state index contributed by atoms with van der Waals surface area (Å²) in [6, 6.07) is 5.32. The topological polar surface area (TPSA) is 75.4 Å². The number of carbonyl (C=O) groups is 2. The zero-order chi connectivity index (χ0) is 13.1. The maximum Gasteiger partial charge on any atom is 0.254 e. The molecule has 0 saturated carbocycles. The second-order valence-electron chi connectivity index (χ2n) is 4.41. The van der Waals surface area contributed by atoms with Crippen LogP contribution in [0.25, 0.3) is 0 Å². The molecular formula is C13H17N3O2. The Bertz CT molecular complexity index is 485. The minimum atomic E-state index is -0.0590. The Hall–Kier alpha value is -2.04. The lowest BCUT2D eigenvalue weighted by Crippen LogP contribution is -2.34. The van der Waals surface area contributed by atoms with Crippen molar-refractivity contribution in [3.63, 3.8) is 0 Å². The number of carbonyl (C=O) groups excluding carboxylic acids is 2. The van der Waals surface area contributed by atoms with Crippen LogP contribution in [0.3, 0.4) is 0 Å². The summed E-state index contributed by atoms with van der Waals surface area (Å²) < 4.78 is 0. The van der Waals surface area contributed by atoms with Crippen LogP contribution in [-0.4, -0.2) is 36.3 Å². The zero-order valence-electron chi connectivity index (χ0n) is 10.4. The van der Waals surface area contributed by atoms with Gasteiger partial charge in [0, 0.05) is 37.3 Å². The molecule has 5 nitrogen and oxygen atoms in total. The summed E-state index contributed by atoms with van der Waals surface area (Å²) >= 11 is 0. The largest absolute Gasteiger partial charge is 0.398 e. The molecule has 0 unspecified atom stereocenters. The summed E-state index contributed by atoms with van der Waals surface area (Å²) in [6.45, 7) is 3.34. The van der Waals surface area contributed by atoms with Crippen LogP contribution in [0.5, 0.6) is 0 Å². The SMILES string of the molecule is Cc1c(N)cccc1C(=O)N1CCNC(=O)CC1. The van der Waals surface area contributed by atoms with Crippen LogP contribution in [0.4, 0.5) is 5.69 Å². The molecule has 5 heteroatoms. The number of nitrogen functional groups attached to an aromatic ring is 1. The summed E-state index contributed by atoms with van der Waals surface area (Å²) in [5.74, 6) is -0.0640. The number of rotatable bonds is 1. The lowest BCUT2D eigenvalue weighted by atomic mass is 10.1. The van der Waals surface area contributed by atoms with Crippen LogP contribution < -0.4 is 11.1 Å². The molecule has 1 heterocycles. The van der Waals surface area contributed by atoms with Crippen molar-refractivity contribution in [2.45, 2.75) is 13.3 Å². The van der Waals surface area contributed by atoms with Gasteiger partial charge in [-0.25, -0.2) is 0 Å². The molecule has 0 atom stereocenters. The van der Waals surface area contributed by atoms with Crippen molar-refractivity contribution < 1.29 is 9.59 Å². The van der Waals surface area contributed by atoms with Gasteiger partial charge in [-0.1, -0.05) is 6.07 Å². The quantitative estimate of drug-likeness (QED) is 0.711. The standard InChI is InChI=1S/C13H17N3O2/c1-9-10(3-2-4-11(9)14)13(18)16-7-5-12(17)15-6-8-16/h2-4H,5-8,14H2,1H3,(H,15,17). The van der Waals surface area contributed by atoms with E-state index in [2.05, 4.69) is 5.32 Å². The number of benzene rings is 1. The van der Waals surface area contributed by atoms with Crippen LogP contribution in [-0.2, 0) is 4.79 Å². The summed E-state index contributed by atoms with van der Waals surface area (Å²) in [6.07, 6.45) is 0.354. The van der Waals surface area contributed by atoms with E-state index in [1.54, 1.807) is 23.1 Å². The van der Waals surface area contributed by atoms with E-state index in [1.807, 2.05) is 6.92 Å². The fraction of sp³-hybridized carbons (Fsp3) is 0.385. The molecule has 0 spiro atoms. The van der Waals surface area contributed by atoms with Crippen molar-refractivity contribution in [3.8, 4) is 0 Å². The summed E-state index contributed by atoms with van der Waals surface area (Å²) in [5.41, 5.74) is 7.83. The van der Waals surface area contributed by atoms with Crippen molar-refractivity contribution in [2.75, 3.05) is 25.4 Å². The molecule has 1 aliphatic heterocycles. The first-order chi connectivity index (χ1) is 8.59. The Morgan fingerprint density at radius 1 is 1.39 bits per heavy atom. The molecule has 3 N–H and O–H groups in total. The highest BCUT2D eigenvalue weighted by atomic mass is 16.2. The van der Waals surface area contributed by atoms with Crippen LogP contribution in [0.2, 0.25) is 0 Å². The van der Waals surface area contributed by atoms with Crippen molar-refractivity contribution in [1.82, 2.24) is 10.2 Å². The van der Waals surface area contributed by atoms with Crippen LogP contribution >= 0.6 is 0 Å². The Kier molecular flexibility index (Phi) is 3.50. The van der Waals surface area contributed by atoms with Crippen LogP contribution in [0, 0.1) is 6.92 Å². The summed E-state index contributed by atoms with van der Waals surface area (Å²) in [7, 11) is 0. The molecule has 2 rings (SSSR count). The molecule has 96 valence electrons. The molecule has 0 radical (unpaired) electrons. The second-order valence-corrected chi connectivity index (χ2v) is 4.41. The van der Waals surface area contributed by atoms with Crippen molar-refractivity contribution >= 4 is 17.5 Å². The first-order valence-electron chi connectivity index (χ1n) is 6.00. The Morgan fingerprint density at radius 3 is 2.94 bits per heavy atom. The number of anilines is 1. The zero-order valence-corrected chi connectivity index (χ0v) is 10.4. The van der Waals surface area contributed by atoms with Gasteiger partial charge in [-0.05, 0) is 24.6 Å². The summed E-state index contributed by atoms with van der Waals surface area (Å²) in [5, 5.41) is 2.75. The molecule has 1 aromatic rings. The van der Waals surface area contributed by atoms with E-state index in [9.17, 15) is 9.59 Å². The highest BCUT2D eigenvalue weighted by Crippen LogP contribution is 2.17. The van der Waals surface area contributed by atoms with E-state index < -0.39 is 0 Å². The smallest absolute Gasteiger partial charge is 0.254 e. The monoisotopic (exact) mass is 247 g/mol. The molecular weight excluding hydrogens is 230 g/mol. The number of nitrogens with zero attached hydrogens (tertiary/aromatic N) is 1. The molecule has 1 saturated heterocycles. The first kappa shape index (κ1) is 12.4. The minimum absolute atomic E-state index is 0.00500. The molecule has 18 heavy (non-hydrogen) atoms. The third-order valence-electron chi connectivity index (χ3n) is 3.21. The molecule has 0 bridgehead atoms. The van der Waals surface area contributed by atoms with Crippen molar-refractivity contribution in [1.29, 1.82) is 0 Å². The Morgan fingerprint density at radius 2 is 2.17 bits per heavy atom. The predicted octanol–water partition coefficient (Wildman–Crippen LogP) is 0.539. The van der Waals surface area contributed by atoms with Crippen LogP contribution in [0.15, 0.2) is 18.2 Å². The van der Waals surface area contributed by atoms with Gasteiger partial charge in [0.05, 0.1) is 0 Å². The predicted molar refractivity (Wildman–Crippen MR) is 69.1 cm³/mol. The van der Waals surface area contributed by atoms with Gasteiger partial charge >= 0.3 is 0 Å². The molecule has 2 amide bonds. The van der Waals surface area contributed by atoms with E-state index in [-0.39, 0.29) is 11.8 Å². The van der Waals surface area contributed by atoms with Gasteiger partial charge in [-0.3, -0.25) is 9.59 Å². The van der Waals surface area contributed by atoms with Gasteiger partial charge in [0.15, 0.2) is 0 Å². The van der Waals surface area contributed by atoms with E-state index >= 15 is 0 Å². The maximum atomic E-state index is 12.4. The molecule has 0 aromatic heterocycles. The van der Waals surface area contributed by atoms with Crippen LogP contribution in [0.1, 0.15) is 22.3 Å². The second kappa shape index (κ2) is 5.08. The number of hydrogen-bond donors (Lipinski definition) is 2.